The molecule has 30 heavy (non-hydrogen) atoms. The van der Waals surface area contributed by atoms with Crippen LogP contribution < -0.4 is 5.32 Å². The van der Waals surface area contributed by atoms with Crippen LogP contribution in [0.25, 0.3) is 0 Å². The summed E-state index contributed by atoms with van der Waals surface area (Å²) in [6.45, 7) is 7.85. The largest absolute Gasteiger partial charge is 0.444 e. The number of ketones is 1. The van der Waals surface area contributed by atoms with E-state index in [1.165, 1.54) is 25.6 Å². The van der Waals surface area contributed by atoms with Gasteiger partial charge in [-0.15, -0.1) is 0 Å². The van der Waals surface area contributed by atoms with E-state index >= 15 is 0 Å². The first-order valence-electron chi connectivity index (χ1n) is 9.48. The standard InChI is InChI=1S/C21H27NO7S/c1-20(2,3)29-19(26)22-14(12-30-11-13-9-7-6-8-10-13)16(23)15-17(24)27-21(4,5)28-18(15)25/h6-10,14-15H,11-12H2,1-5H3,(H,22,26)/t14-/m0/s1. The van der Waals surface area contributed by atoms with E-state index < -0.39 is 47.2 Å². The third-order valence-corrected chi connectivity index (χ3v) is 4.99. The minimum absolute atomic E-state index is 0.132. The van der Waals surface area contributed by atoms with Crippen LogP contribution in [0.2, 0.25) is 0 Å². The molecule has 8 nitrogen and oxygen atoms in total. The lowest BCUT2D eigenvalue weighted by Gasteiger charge is -2.33. The summed E-state index contributed by atoms with van der Waals surface area (Å²) in [5.41, 5.74) is 0.255. The first-order chi connectivity index (χ1) is 13.9. The Labute approximate surface area is 180 Å². The zero-order valence-electron chi connectivity index (χ0n) is 17.7. The molecule has 1 fully saturated rings. The van der Waals surface area contributed by atoms with E-state index in [9.17, 15) is 19.2 Å². The molecule has 0 saturated carbocycles. The van der Waals surface area contributed by atoms with Crippen molar-refractivity contribution in [1.29, 1.82) is 0 Å². The number of ether oxygens (including phenoxy) is 3. The Bertz CT molecular complexity index is 781. The summed E-state index contributed by atoms with van der Waals surface area (Å²) < 4.78 is 15.3. The van der Waals surface area contributed by atoms with E-state index in [0.29, 0.717) is 5.75 Å². The van der Waals surface area contributed by atoms with Gasteiger partial charge in [0, 0.05) is 25.4 Å². The Kier molecular flexibility index (Phi) is 7.52. The van der Waals surface area contributed by atoms with Gasteiger partial charge in [0.25, 0.3) is 5.79 Å². The Morgan fingerprint density at radius 3 is 2.23 bits per heavy atom. The normalized spacial score (nSPS) is 17.5. The number of hydrogen-bond acceptors (Lipinski definition) is 8. The predicted octanol–water partition coefficient (Wildman–Crippen LogP) is 2.83. The fourth-order valence-corrected chi connectivity index (χ4v) is 3.70. The summed E-state index contributed by atoms with van der Waals surface area (Å²) in [6, 6.07) is 8.42. The Balaban J connectivity index is 2.12. The molecule has 1 aromatic rings. The first kappa shape index (κ1) is 23.7. The van der Waals surface area contributed by atoms with Gasteiger partial charge in [-0.3, -0.25) is 14.4 Å². The Morgan fingerprint density at radius 1 is 1.13 bits per heavy atom. The average molecular weight is 438 g/mol. The Morgan fingerprint density at radius 2 is 1.70 bits per heavy atom. The van der Waals surface area contributed by atoms with Crippen LogP contribution in [0.3, 0.4) is 0 Å². The summed E-state index contributed by atoms with van der Waals surface area (Å²) in [7, 11) is 0. The summed E-state index contributed by atoms with van der Waals surface area (Å²) in [4.78, 5) is 49.8. The fourth-order valence-electron chi connectivity index (χ4n) is 2.67. The van der Waals surface area contributed by atoms with Gasteiger partial charge < -0.3 is 19.5 Å². The van der Waals surface area contributed by atoms with Crippen LogP contribution in [0.15, 0.2) is 30.3 Å². The third kappa shape index (κ3) is 7.05. The van der Waals surface area contributed by atoms with Gasteiger partial charge >= 0.3 is 18.0 Å². The van der Waals surface area contributed by atoms with Gasteiger partial charge in [-0.05, 0) is 26.3 Å². The van der Waals surface area contributed by atoms with Crippen molar-refractivity contribution in [3.05, 3.63) is 35.9 Å². The summed E-state index contributed by atoms with van der Waals surface area (Å²) in [5.74, 6) is -5.28. The van der Waals surface area contributed by atoms with Crippen molar-refractivity contribution in [3.63, 3.8) is 0 Å². The maximum absolute atomic E-state index is 13.0. The van der Waals surface area contributed by atoms with Gasteiger partial charge in [-0.25, -0.2) is 4.79 Å². The van der Waals surface area contributed by atoms with Gasteiger partial charge in [-0.2, -0.15) is 11.8 Å². The molecular weight excluding hydrogens is 410 g/mol. The van der Waals surface area contributed by atoms with Crippen LogP contribution in [0.1, 0.15) is 40.2 Å². The minimum Gasteiger partial charge on any atom is -0.444 e. The highest BCUT2D eigenvalue weighted by molar-refractivity contribution is 7.98. The topological polar surface area (TPSA) is 108 Å². The van der Waals surface area contributed by atoms with Crippen molar-refractivity contribution in [2.75, 3.05) is 5.75 Å². The molecule has 1 heterocycles. The molecule has 0 unspecified atom stereocenters. The molecule has 1 aliphatic heterocycles. The second-order valence-corrected chi connectivity index (χ2v) is 9.31. The fraction of sp³-hybridized carbons (Fsp3) is 0.524. The number of thioether (sulfide) groups is 1. The van der Waals surface area contributed by atoms with Gasteiger partial charge in [0.15, 0.2) is 5.78 Å². The molecule has 164 valence electrons. The molecule has 0 bridgehead atoms. The van der Waals surface area contributed by atoms with Crippen molar-refractivity contribution in [2.24, 2.45) is 5.92 Å². The number of amides is 1. The molecule has 0 radical (unpaired) electrons. The van der Waals surface area contributed by atoms with Gasteiger partial charge in [-0.1, -0.05) is 30.3 Å². The monoisotopic (exact) mass is 437 g/mol. The number of nitrogens with one attached hydrogen (secondary N) is 1. The molecule has 1 aliphatic rings. The first-order valence-corrected chi connectivity index (χ1v) is 10.6. The minimum atomic E-state index is -1.75. The molecule has 0 spiro atoms. The quantitative estimate of drug-likeness (QED) is 0.512. The number of Topliss-reactive ketones (excluding diaryl/α,β-unsaturated/α-hetero) is 1. The lowest BCUT2D eigenvalue weighted by Crippen LogP contribution is -2.55. The number of hydrogen-bond donors (Lipinski definition) is 1. The molecule has 9 heteroatoms. The second-order valence-electron chi connectivity index (χ2n) is 8.28. The van der Waals surface area contributed by atoms with Crippen LogP contribution in [-0.4, -0.2) is 47.0 Å². The van der Waals surface area contributed by atoms with Crippen molar-refractivity contribution >= 4 is 35.6 Å². The molecule has 1 atom stereocenters. The highest BCUT2D eigenvalue weighted by Crippen LogP contribution is 2.25. The number of cyclic esters (lactones) is 2. The zero-order chi connectivity index (χ0) is 22.5. The number of esters is 2. The number of rotatable bonds is 7. The molecule has 2 rings (SSSR count). The molecule has 0 aliphatic carbocycles. The number of benzene rings is 1. The smallest absolute Gasteiger partial charge is 0.408 e. The van der Waals surface area contributed by atoms with E-state index in [-0.39, 0.29) is 5.75 Å². The lowest BCUT2D eigenvalue weighted by atomic mass is 9.98. The van der Waals surface area contributed by atoms with Crippen LogP contribution in [0, 0.1) is 5.92 Å². The number of carbonyl (C=O) groups excluding carboxylic acids is 4. The second kappa shape index (κ2) is 9.51. The summed E-state index contributed by atoms with van der Waals surface area (Å²) >= 11 is 1.37. The Hall–Kier alpha value is -2.55. The maximum Gasteiger partial charge on any atom is 0.408 e. The van der Waals surface area contributed by atoms with E-state index in [1.54, 1.807) is 20.8 Å². The van der Waals surface area contributed by atoms with Gasteiger partial charge in [0.1, 0.15) is 11.6 Å². The van der Waals surface area contributed by atoms with Crippen LogP contribution in [-0.2, 0) is 34.3 Å². The van der Waals surface area contributed by atoms with Crippen molar-refractivity contribution in [3.8, 4) is 0 Å². The number of carbonyl (C=O) groups is 4. The molecule has 0 aromatic heterocycles. The van der Waals surface area contributed by atoms with Crippen molar-refractivity contribution in [2.45, 2.75) is 57.8 Å². The lowest BCUT2D eigenvalue weighted by molar-refractivity contribution is -0.238. The average Bonchev–Trinajstić information content (AvgIpc) is 2.58. The van der Waals surface area contributed by atoms with Crippen LogP contribution in [0.5, 0.6) is 0 Å². The molecular formula is C21H27NO7S. The van der Waals surface area contributed by atoms with E-state index in [4.69, 9.17) is 14.2 Å². The number of alkyl carbamates (subject to hydrolysis) is 1. The van der Waals surface area contributed by atoms with Crippen molar-refractivity contribution < 1.29 is 33.4 Å². The maximum atomic E-state index is 13.0. The van der Waals surface area contributed by atoms with Crippen molar-refractivity contribution in [1.82, 2.24) is 5.32 Å². The highest BCUT2D eigenvalue weighted by Gasteiger charge is 2.49. The molecule has 1 saturated heterocycles. The summed E-state index contributed by atoms with van der Waals surface area (Å²) in [6.07, 6.45) is -0.820. The van der Waals surface area contributed by atoms with E-state index in [1.807, 2.05) is 30.3 Å². The van der Waals surface area contributed by atoms with Crippen LogP contribution >= 0.6 is 11.8 Å². The van der Waals surface area contributed by atoms with Gasteiger partial charge in [0.05, 0.1) is 0 Å². The SMILES string of the molecule is CC(C)(C)OC(=O)N[C@@H](CSCc1ccccc1)C(=O)C1C(=O)OC(C)(C)OC1=O. The van der Waals surface area contributed by atoms with Gasteiger partial charge in [0.2, 0.25) is 5.92 Å². The van der Waals surface area contributed by atoms with Crippen LogP contribution in [0.4, 0.5) is 4.79 Å². The highest BCUT2D eigenvalue weighted by atomic mass is 32.2. The van der Waals surface area contributed by atoms with E-state index in [0.717, 1.165) is 5.56 Å². The predicted molar refractivity (Wildman–Crippen MR) is 111 cm³/mol. The van der Waals surface area contributed by atoms with E-state index in [2.05, 4.69) is 5.32 Å². The molecule has 1 amide bonds. The molecule has 1 N–H and O–H groups in total. The molecule has 1 aromatic carbocycles. The third-order valence-electron chi connectivity index (χ3n) is 3.88. The zero-order valence-corrected chi connectivity index (χ0v) is 18.5. The summed E-state index contributed by atoms with van der Waals surface area (Å²) in [5, 5.41) is 2.47.